The first-order valence-corrected chi connectivity index (χ1v) is 66.2. The van der Waals surface area contributed by atoms with E-state index in [0.717, 1.165) is 18.1 Å². The summed E-state index contributed by atoms with van der Waals surface area (Å²) in [4.78, 5) is 31.2. The third kappa shape index (κ3) is 26.3. The molecule has 2 aromatic carbocycles. The summed E-state index contributed by atoms with van der Waals surface area (Å²) in [5.74, 6) is -3.40. The largest absolute Gasteiger partial charge is 0.534 e. The second-order valence-corrected chi connectivity index (χ2v) is 75.9. The molecule has 19 atom stereocenters. The number of ether oxygens (including phenoxy) is 7. The zero-order valence-electron chi connectivity index (χ0n) is 79.5. The van der Waals surface area contributed by atoms with Gasteiger partial charge in [-0.25, -0.2) is 13.2 Å². The molecule has 700 valence electrons. The Morgan fingerprint density at radius 1 is 0.615 bits per heavy atom. The summed E-state index contributed by atoms with van der Waals surface area (Å²) in [7, 11) is -24.5. The van der Waals surface area contributed by atoms with E-state index in [9.17, 15) is 26.4 Å². The molecule has 0 spiro atoms. The standard InChI is InChI=1S/C90H156F3IO20S2Si6/c1-32-122(33-2,34-3)102-54-53-71-76(77(101-21)74(107-71)57-68(111-118(24,25)85(9,10)11)59-103-117(22,23)84(6,7)8)82(115(97,98)69-43-39-36-40-44-69)70(95)56-65-48-50-72-78(105-65)80(113-120(28,29)87(15,16)17)81(114-121(30,31)88(18,19)20)79(108-72)73(112-119(26,27)86(12,13)14)51-47-64(106-83(96)63-41-37-35-38-42-63)45-46-67-58-89(60-94)75(104-67)52-49-66(109-89)55-61(4)62(5)110-116(99,100)90(91,92)93/h35-44,47,51,61,64-68,71-82H,5,32-34,45-46,48-50,52-60H2,1-4,6-31H3/t61-,64?,65-,66-,67+,68+,71+,72+,73+,74-,75+,76+,77+,78+,79+,80+,81-,82?,89-/m1/s1. The van der Waals surface area contributed by atoms with Crippen LogP contribution in [0.4, 0.5) is 13.2 Å². The van der Waals surface area contributed by atoms with Gasteiger partial charge in [0, 0.05) is 49.2 Å². The molecule has 5 aliphatic heterocycles. The molecular weight excluding hydrogens is 1820 g/mol. The maximum atomic E-state index is 16.6. The van der Waals surface area contributed by atoms with Crippen LogP contribution in [-0.4, -0.2) is 211 Å². The Bertz CT molecular complexity index is 3980. The highest BCUT2D eigenvalue weighted by Crippen LogP contribution is 2.52. The molecule has 7 rings (SSSR count). The molecule has 0 aromatic heterocycles. The first kappa shape index (κ1) is 107. The van der Waals surface area contributed by atoms with Crippen molar-refractivity contribution < 1.29 is 103 Å². The monoisotopic (exact) mass is 1970 g/mol. The predicted octanol–water partition coefficient (Wildman–Crippen LogP) is 22.4. The van der Waals surface area contributed by atoms with E-state index in [1.54, 1.807) is 68.6 Å². The SMILES string of the molecule is C=C(OS(=O)(=O)C(F)(F)F)[C@H](C)C[C@H]1CC[C@@H]2O[C@@H](CCC(C=C[C@H](O[Si](C)(C)C(C)(C)C)[C@@H]3O[C@H]4CC[C@H](CC(=O)C([C@@H]5[C@@H](OC)[C@@H](C[C@@H](CO[Si](C)(C)C(C)(C)C)O[Si](C)(C)C(C)(C)C)O[C@H]5CCO[Si](CC)(CC)CC)S(=O)(=O)c5ccccc5)O[C@@H]4[C@H](O[Si](C)(C)C(C)(C)C)[C@@H]3O[Si](C)(C)C(C)(C)C)OC(=O)c3ccccc3)C[C@]2(CI)O1. The van der Waals surface area contributed by atoms with Gasteiger partial charge in [-0.3, -0.25) is 4.79 Å². The number of Topliss-reactive ketones (excluding diaryl/α,β-unsaturated/α-hetero) is 1. The van der Waals surface area contributed by atoms with E-state index in [1.807, 2.05) is 18.2 Å². The Morgan fingerprint density at radius 3 is 1.67 bits per heavy atom. The number of carbonyl (C=O) groups is 2. The zero-order valence-corrected chi connectivity index (χ0v) is 89.3. The van der Waals surface area contributed by atoms with Gasteiger partial charge in [0.1, 0.15) is 47.1 Å². The van der Waals surface area contributed by atoms with Gasteiger partial charge in [0.05, 0.1) is 78.1 Å². The highest BCUT2D eigenvalue weighted by Gasteiger charge is 2.62. The van der Waals surface area contributed by atoms with Crippen LogP contribution in [0.2, 0.25) is 109 Å². The van der Waals surface area contributed by atoms with E-state index in [2.05, 4.69) is 223 Å². The average molecular weight is 1970 g/mol. The highest BCUT2D eigenvalue weighted by atomic mass is 127. The normalized spacial score (nSPS) is 27.4. The highest BCUT2D eigenvalue weighted by molar-refractivity contribution is 14.1. The molecule has 0 amide bonds. The molecule has 2 aromatic rings. The predicted molar refractivity (Wildman–Crippen MR) is 502 cm³/mol. The molecule has 0 N–H and O–H groups in total. The first-order chi connectivity index (χ1) is 55.8. The van der Waals surface area contributed by atoms with Crippen molar-refractivity contribution in [1.82, 2.24) is 0 Å². The van der Waals surface area contributed by atoms with Gasteiger partial charge in [0.25, 0.3) is 0 Å². The summed E-state index contributed by atoms with van der Waals surface area (Å²) < 4.78 is 196. The lowest BCUT2D eigenvalue weighted by molar-refractivity contribution is -0.266. The molecule has 0 aliphatic carbocycles. The maximum absolute atomic E-state index is 16.6. The van der Waals surface area contributed by atoms with Crippen LogP contribution in [0.5, 0.6) is 0 Å². The maximum Gasteiger partial charge on any atom is 0.534 e. The summed E-state index contributed by atoms with van der Waals surface area (Å²) >= 11 is 2.28. The number of methoxy groups -OCH3 is 1. The van der Waals surface area contributed by atoms with Crippen LogP contribution in [0.25, 0.3) is 0 Å². The van der Waals surface area contributed by atoms with Crippen LogP contribution >= 0.6 is 22.6 Å². The van der Waals surface area contributed by atoms with Crippen molar-refractivity contribution in [2.24, 2.45) is 11.8 Å². The minimum Gasteiger partial charge on any atom is -0.455 e. The lowest BCUT2D eigenvalue weighted by Gasteiger charge is -2.56. The molecule has 0 saturated carbocycles. The topological polar surface area (TPSA) is 232 Å². The van der Waals surface area contributed by atoms with Crippen LogP contribution in [-0.2, 0) is 88.6 Å². The third-order valence-electron chi connectivity index (χ3n) is 29.2. The number of allylic oxidation sites excluding steroid dienone is 1. The van der Waals surface area contributed by atoms with Crippen LogP contribution < -0.4 is 0 Å². The molecule has 5 heterocycles. The van der Waals surface area contributed by atoms with Crippen molar-refractivity contribution in [2.45, 2.75) is 424 Å². The quantitative estimate of drug-likeness (QED) is 0.00880. The third-order valence-corrected chi connectivity index (χ3v) is 60.8. The second kappa shape index (κ2) is 41.5. The number of esters is 1. The molecule has 20 nitrogen and oxygen atoms in total. The van der Waals surface area contributed by atoms with Crippen molar-refractivity contribution >= 4 is 104 Å². The van der Waals surface area contributed by atoms with Gasteiger partial charge < -0.3 is 63.9 Å². The number of sulfone groups is 1. The lowest BCUT2D eigenvalue weighted by Crippen LogP contribution is -2.69. The molecule has 32 heteroatoms. The van der Waals surface area contributed by atoms with Crippen LogP contribution in [0.15, 0.2) is 90.0 Å². The molecule has 0 radical (unpaired) electrons. The molecular formula is C90H156F3IO20S2Si6. The zero-order chi connectivity index (χ0) is 92.2. The van der Waals surface area contributed by atoms with Gasteiger partial charge in [-0.15, -0.1) is 0 Å². The summed E-state index contributed by atoms with van der Waals surface area (Å²) in [6.45, 7) is 67.4. The lowest BCUT2D eigenvalue weighted by atomic mass is 9.84. The van der Waals surface area contributed by atoms with Crippen LogP contribution in [0.1, 0.15) is 213 Å². The van der Waals surface area contributed by atoms with E-state index in [1.165, 1.54) is 0 Å². The fourth-order valence-electron chi connectivity index (χ4n) is 16.0. The Balaban J connectivity index is 1.32. The Labute approximate surface area is 753 Å². The van der Waals surface area contributed by atoms with Gasteiger partial charge in [-0.2, -0.15) is 21.6 Å². The van der Waals surface area contributed by atoms with E-state index in [-0.39, 0.29) is 55.1 Å². The van der Waals surface area contributed by atoms with Crippen molar-refractivity contribution in [3.63, 3.8) is 0 Å². The van der Waals surface area contributed by atoms with E-state index >= 15 is 13.2 Å². The molecule has 122 heavy (non-hydrogen) atoms. The fourth-order valence-corrected chi connectivity index (χ4v) is 28.5. The molecule has 5 saturated heterocycles. The minimum atomic E-state index is -5.91. The van der Waals surface area contributed by atoms with E-state index in [0.29, 0.717) is 81.0 Å². The van der Waals surface area contributed by atoms with Gasteiger partial charge in [0.2, 0.25) is 0 Å². The Kier molecular flexibility index (Phi) is 36.4. The molecule has 5 aliphatic rings. The van der Waals surface area contributed by atoms with Gasteiger partial charge in [-0.05, 0) is 191 Å². The number of benzene rings is 2. The summed E-state index contributed by atoms with van der Waals surface area (Å²) in [6.07, 6.45) is -3.37. The van der Waals surface area contributed by atoms with Crippen molar-refractivity contribution in [1.29, 1.82) is 0 Å². The number of carbonyl (C=O) groups excluding carboxylic acids is 2. The number of ketones is 1. The van der Waals surface area contributed by atoms with E-state index < -0.39 is 195 Å². The second-order valence-electron chi connectivity index (χ2n) is 42.9. The molecule has 2 unspecified atom stereocenters. The van der Waals surface area contributed by atoms with Crippen molar-refractivity contribution in [2.75, 3.05) is 24.8 Å². The van der Waals surface area contributed by atoms with Crippen LogP contribution in [0, 0.1) is 11.8 Å². The summed E-state index contributed by atoms with van der Waals surface area (Å²) in [5, 5.41) is -2.97. The van der Waals surface area contributed by atoms with Gasteiger partial charge in [0.15, 0.2) is 65.5 Å². The molecule has 5 fully saturated rings. The number of halogens is 4. The van der Waals surface area contributed by atoms with Crippen molar-refractivity contribution in [3.8, 4) is 0 Å². The smallest absolute Gasteiger partial charge is 0.455 e. The number of alkyl halides is 4. The Morgan fingerprint density at radius 2 is 1.15 bits per heavy atom. The van der Waals surface area contributed by atoms with Gasteiger partial charge >= 0.3 is 21.6 Å². The minimum absolute atomic E-state index is 0.00948. The summed E-state index contributed by atoms with van der Waals surface area (Å²) in [5.41, 5.74) is -6.04. The first-order valence-electron chi connectivity index (χ1n) is 44.7. The van der Waals surface area contributed by atoms with Crippen LogP contribution in [0.3, 0.4) is 0 Å². The Hall–Kier alpha value is -1.90. The number of hydrogen-bond donors (Lipinski definition) is 0. The van der Waals surface area contributed by atoms with Gasteiger partial charge in [-0.1, -0.05) is 203 Å². The number of hydrogen-bond acceptors (Lipinski definition) is 20. The number of fused-ring (bicyclic) bond motifs is 2. The average Bonchev–Trinajstić information content (AvgIpc) is 0.931. The molecule has 0 bridgehead atoms. The number of rotatable bonds is 41. The van der Waals surface area contributed by atoms with Crippen molar-refractivity contribution in [3.05, 3.63) is 90.7 Å². The summed E-state index contributed by atoms with van der Waals surface area (Å²) in [6, 6.07) is 19.8. The van der Waals surface area contributed by atoms with E-state index in [4.69, 9.17) is 59.7 Å². The fraction of sp³-hybridized carbons (Fsp3) is 0.800.